The molecule has 4 aliphatic rings. The Hall–Kier alpha value is -1.84. The maximum Gasteiger partial charge on any atom is 0.338 e. The molecule has 4 saturated carbocycles. The smallest absolute Gasteiger partial charge is 0.338 e. The molecule has 4 nitrogen and oxygen atoms in total. The molecule has 0 heterocycles. The van der Waals surface area contributed by atoms with Gasteiger partial charge in [0.1, 0.15) is 6.10 Å². The number of esters is 1. The quantitative estimate of drug-likeness (QED) is 0.365. The average molecular weight is 410 g/mol. The molecule has 0 radical (unpaired) electrons. The molecule has 30 heavy (non-hydrogen) atoms. The summed E-state index contributed by atoms with van der Waals surface area (Å²) in [4.78, 5) is 12.5. The van der Waals surface area contributed by atoms with E-state index in [-0.39, 0.29) is 17.5 Å². The number of fused-ring (bicyclic) bond motifs is 5. The Labute approximate surface area is 180 Å². The van der Waals surface area contributed by atoms with Crippen molar-refractivity contribution in [2.24, 2.45) is 39.7 Å². The number of carbonyl (C=O) groups excluding carboxylic acids is 1. The fourth-order valence-corrected chi connectivity index (χ4v) is 8.07. The molecule has 162 valence electrons. The van der Waals surface area contributed by atoms with Gasteiger partial charge in [-0.2, -0.15) is 0 Å². The molecule has 0 saturated heterocycles. The van der Waals surface area contributed by atoms with Gasteiger partial charge in [0.15, 0.2) is 0 Å². The lowest BCUT2D eigenvalue weighted by molar-refractivity contribution is -0.116. The second kappa shape index (κ2) is 7.39. The molecule has 0 spiro atoms. The van der Waals surface area contributed by atoms with Crippen LogP contribution in [0.2, 0.25) is 0 Å². The van der Waals surface area contributed by atoms with Crippen LogP contribution in [0.15, 0.2) is 35.5 Å². The Kier molecular flexibility index (Phi) is 4.95. The van der Waals surface area contributed by atoms with Gasteiger partial charge in [-0.1, -0.05) is 37.2 Å². The molecule has 7 atom stereocenters. The van der Waals surface area contributed by atoms with Crippen LogP contribution in [0.25, 0.3) is 0 Å². The highest BCUT2D eigenvalue weighted by atomic mass is 16.5. The fourth-order valence-electron chi connectivity index (χ4n) is 8.07. The highest BCUT2D eigenvalue weighted by Gasteiger charge is 2.59. The summed E-state index contributed by atoms with van der Waals surface area (Å²) >= 11 is 0. The molecule has 5 rings (SSSR count). The van der Waals surface area contributed by atoms with Gasteiger partial charge in [0.25, 0.3) is 0 Å². The second-order valence-electron chi connectivity index (χ2n) is 10.9. The topological polar surface area (TPSA) is 58.9 Å². The molecule has 1 aromatic carbocycles. The summed E-state index contributed by atoms with van der Waals surface area (Å²) in [5, 5.41) is 13.2. The van der Waals surface area contributed by atoms with Gasteiger partial charge in [-0.25, -0.2) is 4.79 Å². The van der Waals surface area contributed by atoms with Crippen LogP contribution in [0.4, 0.5) is 0 Å². The van der Waals surface area contributed by atoms with Crippen LogP contribution in [0.5, 0.6) is 0 Å². The summed E-state index contributed by atoms with van der Waals surface area (Å²) in [7, 11) is 0. The number of ether oxygens (including phenoxy) is 1. The van der Waals surface area contributed by atoms with Crippen molar-refractivity contribution in [2.45, 2.75) is 77.7 Å². The van der Waals surface area contributed by atoms with Gasteiger partial charge in [-0.05, 0) is 99.0 Å². The van der Waals surface area contributed by atoms with Crippen molar-refractivity contribution in [3.8, 4) is 0 Å². The molecule has 1 N–H and O–H groups in total. The number of oxime groups is 1. The van der Waals surface area contributed by atoms with Gasteiger partial charge >= 0.3 is 5.97 Å². The van der Waals surface area contributed by atoms with Gasteiger partial charge in [0, 0.05) is 5.41 Å². The number of hydrogen-bond acceptors (Lipinski definition) is 4. The van der Waals surface area contributed by atoms with E-state index in [2.05, 4.69) is 19.0 Å². The predicted molar refractivity (Wildman–Crippen MR) is 117 cm³/mol. The highest BCUT2D eigenvalue weighted by molar-refractivity contribution is 5.92. The average Bonchev–Trinajstić information content (AvgIpc) is 3.11. The summed E-state index contributed by atoms with van der Waals surface area (Å²) in [5.74, 6) is 2.67. The zero-order valence-electron chi connectivity index (χ0n) is 18.3. The van der Waals surface area contributed by atoms with E-state index in [4.69, 9.17) is 4.74 Å². The normalized spacial score (nSPS) is 44.1. The van der Waals surface area contributed by atoms with Crippen molar-refractivity contribution in [2.75, 3.05) is 0 Å². The third kappa shape index (κ3) is 3.01. The Morgan fingerprint density at radius 2 is 1.83 bits per heavy atom. The largest absolute Gasteiger partial charge is 0.459 e. The minimum Gasteiger partial charge on any atom is -0.459 e. The Balaban J connectivity index is 1.29. The van der Waals surface area contributed by atoms with Crippen LogP contribution >= 0.6 is 0 Å². The maximum atomic E-state index is 12.5. The second-order valence-corrected chi connectivity index (χ2v) is 10.9. The van der Waals surface area contributed by atoms with E-state index < -0.39 is 0 Å². The van der Waals surface area contributed by atoms with Gasteiger partial charge < -0.3 is 9.94 Å². The van der Waals surface area contributed by atoms with Crippen molar-refractivity contribution in [1.82, 2.24) is 0 Å². The molecule has 0 amide bonds. The SMILES string of the molecule is C[C@]12CC[C@@H](OC(=O)c3ccccc3)C[C@@H]1CC[C@@H]1[C@@H]2CC[C@]2(C)/C(=N\O)CC[C@@H]12. The van der Waals surface area contributed by atoms with Crippen molar-refractivity contribution >= 4 is 11.7 Å². The number of hydrogen-bond donors (Lipinski definition) is 1. The first-order chi connectivity index (χ1) is 14.5. The molecule has 4 fully saturated rings. The molecule has 4 heteroatoms. The zero-order valence-corrected chi connectivity index (χ0v) is 18.3. The standard InChI is InChI=1S/C26H35NO3/c1-25-14-12-19(30-24(28)17-6-4-3-5-7-17)16-18(25)8-9-20-21-10-11-23(27-29)26(21,2)15-13-22(20)25/h3-7,18-22,29H,8-16H2,1-2H3/b27-23-/t18-,19+,20-,21-,22-,25-,26-/m0/s1. The summed E-state index contributed by atoms with van der Waals surface area (Å²) in [5.41, 5.74) is 2.18. The highest BCUT2D eigenvalue weighted by Crippen LogP contribution is 2.65. The molecule has 0 bridgehead atoms. The number of rotatable bonds is 2. The number of carbonyl (C=O) groups is 1. The minimum atomic E-state index is -0.173. The first kappa shape index (κ1) is 20.1. The molecule has 4 aliphatic carbocycles. The molecule has 0 aliphatic heterocycles. The molecule has 0 unspecified atom stereocenters. The van der Waals surface area contributed by atoms with Gasteiger partial charge in [0.2, 0.25) is 0 Å². The molecular formula is C26H35NO3. The lowest BCUT2D eigenvalue weighted by Gasteiger charge is -2.60. The first-order valence-corrected chi connectivity index (χ1v) is 11.9. The van der Waals surface area contributed by atoms with Crippen LogP contribution in [-0.2, 0) is 4.74 Å². The Morgan fingerprint density at radius 3 is 2.60 bits per heavy atom. The summed E-state index contributed by atoms with van der Waals surface area (Å²) < 4.78 is 5.94. The van der Waals surface area contributed by atoms with Gasteiger partial charge in [0.05, 0.1) is 11.3 Å². The lowest BCUT2D eigenvalue weighted by atomic mass is 9.45. The van der Waals surface area contributed by atoms with E-state index in [9.17, 15) is 10.0 Å². The van der Waals surface area contributed by atoms with E-state index >= 15 is 0 Å². The van der Waals surface area contributed by atoms with Crippen molar-refractivity contribution in [1.29, 1.82) is 0 Å². The Bertz CT molecular complexity index is 836. The van der Waals surface area contributed by atoms with Crippen LogP contribution in [0.1, 0.15) is 82.0 Å². The number of benzene rings is 1. The van der Waals surface area contributed by atoms with Gasteiger partial charge in [-0.3, -0.25) is 0 Å². The fraction of sp³-hybridized carbons (Fsp3) is 0.692. The van der Waals surface area contributed by atoms with E-state index in [0.29, 0.717) is 22.8 Å². The van der Waals surface area contributed by atoms with Crippen LogP contribution < -0.4 is 0 Å². The van der Waals surface area contributed by atoms with E-state index in [1.807, 2.05) is 30.3 Å². The first-order valence-electron chi connectivity index (χ1n) is 11.9. The minimum absolute atomic E-state index is 0.0563. The van der Waals surface area contributed by atoms with Crippen molar-refractivity contribution in [3.05, 3.63) is 35.9 Å². The maximum absolute atomic E-state index is 12.5. The van der Waals surface area contributed by atoms with E-state index in [1.54, 1.807) is 0 Å². The monoisotopic (exact) mass is 409 g/mol. The summed E-state index contributed by atoms with van der Waals surface area (Å²) in [6.45, 7) is 4.88. The third-order valence-electron chi connectivity index (χ3n) is 9.76. The van der Waals surface area contributed by atoms with E-state index in [1.165, 1.54) is 25.7 Å². The summed E-state index contributed by atoms with van der Waals surface area (Å²) in [6, 6.07) is 9.39. The number of nitrogens with zero attached hydrogens (tertiary/aromatic N) is 1. The van der Waals surface area contributed by atoms with Crippen molar-refractivity contribution < 1.29 is 14.7 Å². The third-order valence-corrected chi connectivity index (χ3v) is 9.76. The van der Waals surface area contributed by atoms with Crippen molar-refractivity contribution in [3.63, 3.8) is 0 Å². The van der Waals surface area contributed by atoms with Gasteiger partial charge in [-0.15, -0.1) is 0 Å². The van der Waals surface area contributed by atoms with E-state index in [0.717, 1.165) is 49.7 Å². The molecule has 0 aromatic heterocycles. The molecular weight excluding hydrogens is 374 g/mol. The summed E-state index contributed by atoms with van der Waals surface area (Å²) in [6.07, 6.45) is 10.3. The van der Waals surface area contributed by atoms with Crippen LogP contribution in [-0.4, -0.2) is 23.0 Å². The lowest BCUT2D eigenvalue weighted by Crippen LogP contribution is -2.54. The molecule has 1 aromatic rings. The van der Waals surface area contributed by atoms with Crippen LogP contribution in [0.3, 0.4) is 0 Å². The predicted octanol–water partition coefficient (Wildman–Crippen LogP) is 6.08. The zero-order chi connectivity index (χ0) is 20.9. The Morgan fingerprint density at radius 1 is 1.03 bits per heavy atom. The van der Waals surface area contributed by atoms with Crippen LogP contribution in [0, 0.1) is 34.5 Å².